The molecule has 108 valence electrons. The van der Waals surface area contributed by atoms with Crippen molar-refractivity contribution in [3.63, 3.8) is 0 Å². The molecule has 0 bridgehead atoms. The first-order valence-electron chi connectivity index (χ1n) is 6.40. The lowest BCUT2D eigenvalue weighted by molar-refractivity contribution is -0.116. The van der Waals surface area contributed by atoms with Gasteiger partial charge in [-0.05, 0) is 30.7 Å². The summed E-state index contributed by atoms with van der Waals surface area (Å²) in [5.74, 6) is -1.18. The Hall–Kier alpha value is -2.89. The minimum atomic E-state index is -1.08. The summed E-state index contributed by atoms with van der Waals surface area (Å²) in [5, 5.41) is 15.6. The maximum absolute atomic E-state index is 11.7. The smallest absolute Gasteiger partial charge is 0.356 e. The number of rotatable bonds is 6. The standard InChI is InChI=1S/C15H15N3O3/c1-2-3-7-14(19)16-11-5-4-6-12(10-11)18-9-8-13(17-18)15(20)21/h2,4-6,8-10H,1,3,7H2,(H,16,19)(H,20,21). The third-order valence-corrected chi connectivity index (χ3v) is 2.78. The molecule has 1 amide bonds. The maximum atomic E-state index is 11.7. The highest BCUT2D eigenvalue weighted by atomic mass is 16.4. The van der Waals surface area contributed by atoms with Crippen LogP contribution in [0.1, 0.15) is 23.3 Å². The maximum Gasteiger partial charge on any atom is 0.356 e. The minimum absolute atomic E-state index is 0.0320. The molecule has 2 N–H and O–H groups in total. The zero-order chi connectivity index (χ0) is 15.2. The Kier molecular flexibility index (Phi) is 4.50. The van der Waals surface area contributed by atoms with Crippen LogP contribution in [-0.4, -0.2) is 26.8 Å². The normalized spacial score (nSPS) is 10.1. The highest BCUT2D eigenvalue weighted by Gasteiger charge is 2.08. The summed E-state index contributed by atoms with van der Waals surface area (Å²) < 4.78 is 1.45. The number of carboxylic acids is 1. The molecule has 0 aliphatic rings. The number of carbonyl (C=O) groups excluding carboxylic acids is 1. The molecule has 1 heterocycles. The topological polar surface area (TPSA) is 84.2 Å². The summed E-state index contributed by atoms with van der Waals surface area (Å²) in [6.45, 7) is 3.57. The van der Waals surface area contributed by atoms with Gasteiger partial charge in [0.15, 0.2) is 5.69 Å². The van der Waals surface area contributed by atoms with Crippen LogP contribution in [0.4, 0.5) is 5.69 Å². The van der Waals surface area contributed by atoms with E-state index in [9.17, 15) is 9.59 Å². The van der Waals surface area contributed by atoms with Crippen LogP contribution in [-0.2, 0) is 4.79 Å². The molecule has 1 aromatic heterocycles. The molecule has 0 saturated carbocycles. The van der Waals surface area contributed by atoms with Gasteiger partial charge in [0.25, 0.3) is 0 Å². The van der Waals surface area contributed by atoms with E-state index < -0.39 is 5.97 Å². The van der Waals surface area contributed by atoms with Gasteiger partial charge in [-0.1, -0.05) is 12.1 Å². The minimum Gasteiger partial charge on any atom is -0.476 e. The van der Waals surface area contributed by atoms with Crippen LogP contribution in [0.15, 0.2) is 49.2 Å². The summed E-state index contributed by atoms with van der Waals surface area (Å²) in [6.07, 6.45) is 4.24. The van der Waals surface area contributed by atoms with Crippen LogP contribution in [0.3, 0.4) is 0 Å². The first-order valence-corrected chi connectivity index (χ1v) is 6.40. The number of benzene rings is 1. The molecule has 0 aliphatic carbocycles. The number of aromatic carboxylic acids is 1. The second-order valence-corrected chi connectivity index (χ2v) is 4.38. The van der Waals surface area contributed by atoms with E-state index in [1.54, 1.807) is 36.5 Å². The molecule has 0 atom stereocenters. The van der Waals surface area contributed by atoms with Gasteiger partial charge < -0.3 is 10.4 Å². The highest BCUT2D eigenvalue weighted by Crippen LogP contribution is 2.15. The van der Waals surface area contributed by atoms with Crippen LogP contribution in [0.25, 0.3) is 5.69 Å². The molecule has 0 fully saturated rings. The number of amides is 1. The third-order valence-electron chi connectivity index (χ3n) is 2.78. The third kappa shape index (κ3) is 3.79. The molecular weight excluding hydrogens is 270 g/mol. The lowest BCUT2D eigenvalue weighted by atomic mass is 10.2. The quantitative estimate of drug-likeness (QED) is 0.798. The van der Waals surface area contributed by atoms with Gasteiger partial charge >= 0.3 is 5.97 Å². The van der Waals surface area contributed by atoms with Gasteiger partial charge in [-0.3, -0.25) is 4.79 Å². The molecule has 0 unspecified atom stereocenters. The van der Waals surface area contributed by atoms with Crippen molar-refractivity contribution in [1.29, 1.82) is 0 Å². The second kappa shape index (κ2) is 6.51. The van der Waals surface area contributed by atoms with Gasteiger partial charge in [-0.2, -0.15) is 5.10 Å². The van der Waals surface area contributed by atoms with E-state index in [0.717, 1.165) is 0 Å². The van der Waals surface area contributed by atoms with Gasteiger partial charge in [-0.15, -0.1) is 6.58 Å². The SMILES string of the molecule is C=CCCC(=O)Nc1cccc(-n2ccc(C(=O)O)n2)c1. The molecule has 21 heavy (non-hydrogen) atoms. The van der Waals surface area contributed by atoms with Crippen molar-refractivity contribution in [1.82, 2.24) is 9.78 Å². The predicted octanol–water partition coefficient (Wildman–Crippen LogP) is 2.48. The first kappa shape index (κ1) is 14.5. The number of carboxylic acid groups (broad SMARTS) is 1. The van der Waals surface area contributed by atoms with Crippen molar-refractivity contribution in [3.05, 3.63) is 54.9 Å². The molecule has 0 saturated heterocycles. The van der Waals surface area contributed by atoms with Gasteiger partial charge in [-0.25, -0.2) is 9.48 Å². The van der Waals surface area contributed by atoms with Crippen molar-refractivity contribution < 1.29 is 14.7 Å². The van der Waals surface area contributed by atoms with E-state index in [2.05, 4.69) is 17.0 Å². The van der Waals surface area contributed by atoms with Crippen molar-refractivity contribution in [2.24, 2.45) is 0 Å². The largest absolute Gasteiger partial charge is 0.476 e. The summed E-state index contributed by atoms with van der Waals surface area (Å²) in [5.41, 5.74) is 1.27. The number of hydrogen-bond acceptors (Lipinski definition) is 3. The molecule has 1 aromatic carbocycles. The average Bonchev–Trinajstić information content (AvgIpc) is 2.95. The monoisotopic (exact) mass is 285 g/mol. The fourth-order valence-electron chi connectivity index (χ4n) is 1.76. The van der Waals surface area contributed by atoms with E-state index >= 15 is 0 Å². The zero-order valence-corrected chi connectivity index (χ0v) is 11.3. The summed E-state index contributed by atoms with van der Waals surface area (Å²) in [4.78, 5) is 22.5. The van der Waals surface area contributed by atoms with Crippen LogP contribution in [0, 0.1) is 0 Å². The number of carbonyl (C=O) groups is 2. The Balaban J connectivity index is 2.14. The number of nitrogens with one attached hydrogen (secondary N) is 1. The van der Waals surface area contributed by atoms with Crippen LogP contribution >= 0.6 is 0 Å². The number of aromatic nitrogens is 2. The number of anilines is 1. The number of allylic oxidation sites excluding steroid dienone is 1. The molecule has 2 rings (SSSR count). The molecule has 6 heteroatoms. The molecule has 0 radical (unpaired) electrons. The lowest BCUT2D eigenvalue weighted by Crippen LogP contribution is -2.11. The second-order valence-electron chi connectivity index (χ2n) is 4.38. The van der Waals surface area contributed by atoms with E-state index in [4.69, 9.17) is 5.11 Å². The Labute approximate surface area is 121 Å². The van der Waals surface area contributed by atoms with Crippen LogP contribution < -0.4 is 5.32 Å². The fraction of sp³-hybridized carbons (Fsp3) is 0.133. The first-order chi connectivity index (χ1) is 10.1. The molecule has 2 aromatic rings. The van der Waals surface area contributed by atoms with Crippen LogP contribution in [0.2, 0.25) is 0 Å². The number of nitrogens with zero attached hydrogens (tertiary/aromatic N) is 2. The van der Waals surface area contributed by atoms with Crippen molar-refractivity contribution >= 4 is 17.6 Å². The van der Waals surface area contributed by atoms with Gasteiger partial charge in [0.2, 0.25) is 5.91 Å². The zero-order valence-electron chi connectivity index (χ0n) is 11.3. The summed E-state index contributed by atoms with van der Waals surface area (Å²) >= 11 is 0. The van der Waals surface area contributed by atoms with E-state index in [1.165, 1.54) is 10.7 Å². The van der Waals surface area contributed by atoms with E-state index in [1.807, 2.05) is 0 Å². The van der Waals surface area contributed by atoms with Crippen molar-refractivity contribution in [2.45, 2.75) is 12.8 Å². The fourth-order valence-corrected chi connectivity index (χ4v) is 1.76. The van der Waals surface area contributed by atoms with Crippen LogP contribution in [0.5, 0.6) is 0 Å². The summed E-state index contributed by atoms with van der Waals surface area (Å²) in [7, 11) is 0. The Morgan fingerprint density at radius 3 is 2.86 bits per heavy atom. The van der Waals surface area contributed by atoms with Crippen molar-refractivity contribution in [2.75, 3.05) is 5.32 Å². The predicted molar refractivity (Wildman–Crippen MR) is 78.6 cm³/mol. The van der Waals surface area contributed by atoms with Gasteiger partial charge in [0.05, 0.1) is 5.69 Å². The lowest BCUT2D eigenvalue weighted by Gasteiger charge is -2.07. The summed E-state index contributed by atoms with van der Waals surface area (Å²) in [6, 6.07) is 8.44. The molecular formula is C15H15N3O3. The van der Waals surface area contributed by atoms with Gasteiger partial charge in [0, 0.05) is 18.3 Å². The Morgan fingerprint density at radius 2 is 2.19 bits per heavy atom. The average molecular weight is 285 g/mol. The molecule has 6 nitrogen and oxygen atoms in total. The molecule has 0 spiro atoms. The Morgan fingerprint density at radius 1 is 1.38 bits per heavy atom. The highest BCUT2D eigenvalue weighted by molar-refractivity contribution is 5.91. The van der Waals surface area contributed by atoms with E-state index in [-0.39, 0.29) is 11.6 Å². The van der Waals surface area contributed by atoms with Gasteiger partial charge in [0.1, 0.15) is 0 Å². The van der Waals surface area contributed by atoms with E-state index in [0.29, 0.717) is 24.2 Å². The molecule has 0 aliphatic heterocycles. The Bertz CT molecular complexity index is 676. The van der Waals surface area contributed by atoms with Crippen molar-refractivity contribution in [3.8, 4) is 5.69 Å². The number of hydrogen-bond donors (Lipinski definition) is 2.